The van der Waals surface area contributed by atoms with Crippen LogP contribution in [0, 0.1) is 0 Å². The number of ether oxygens (including phenoxy) is 2. The highest BCUT2D eigenvalue weighted by Gasteiger charge is 2.57. The second-order valence-electron chi connectivity index (χ2n) is 11.9. The van der Waals surface area contributed by atoms with Crippen LogP contribution in [0.1, 0.15) is 32.4 Å². The van der Waals surface area contributed by atoms with Gasteiger partial charge in [-0.1, -0.05) is 0 Å². The molecule has 19 heteroatoms. The molecule has 3 fully saturated rings. The Bertz CT molecular complexity index is 1800. The van der Waals surface area contributed by atoms with Gasteiger partial charge in [0.15, 0.2) is 40.6 Å². The SMILES string of the molecule is COC(=O)C1CC(SC[C@@H]2C[C@H](O)[C@H](n3cnc4c(N)ncnc43)O2)CCN1CCN1C(=O)C2=Nc3c(nc(N)[nH]c3=O)NC21C. The number of aromatic nitrogens is 6. The predicted octanol–water partition coefficient (Wildman–Crippen LogP) is -0.782. The highest BCUT2D eigenvalue weighted by molar-refractivity contribution is 7.99. The number of H-pyrrole nitrogens is 1. The number of hydrogen-bond acceptors (Lipinski definition) is 16. The number of piperidine rings is 1. The molecule has 4 aliphatic heterocycles. The van der Waals surface area contributed by atoms with Crippen LogP contribution in [0.4, 0.5) is 23.3 Å². The topological polar surface area (TPSA) is 245 Å². The van der Waals surface area contributed by atoms with Crippen molar-refractivity contribution < 1.29 is 24.2 Å². The van der Waals surface area contributed by atoms with Crippen LogP contribution >= 0.6 is 11.8 Å². The van der Waals surface area contributed by atoms with Crippen LogP contribution in [0.5, 0.6) is 0 Å². The van der Waals surface area contributed by atoms with Gasteiger partial charge in [0.25, 0.3) is 11.5 Å². The number of nitrogens with two attached hydrogens (primary N) is 2. The number of aliphatic hydroxyl groups excluding tert-OH is 1. The van der Waals surface area contributed by atoms with Gasteiger partial charge in [-0.2, -0.15) is 16.7 Å². The maximum absolute atomic E-state index is 13.0. The fraction of sp³-hybridized carbons (Fsp3) is 0.556. The normalized spacial score (nSPS) is 29.1. The summed E-state index contributed by atoms with van der Waals surface area (Å²) < 4.78 is 13.1. The second kappa shape index (κ2) is 11.5. The van der Waals surface area contributed by atoms with Crippen LogP contribution < -0.4 is 22.3 Å². The van der Waals surface area contributed by atoms with E-state index in [1.54, 1.807) is 34.5 Å². The van der Waals surface area contributed by atoms with E-state index < -0.39 is 29.6 Å². The smallest absolute Gasteiger partial charge is 0.323 e. The molecule has 244 valence electrons. The highest BCUT2D eigenvalue weighted by Crippen LogP contribution is 2.39. The molecule has 18 nitrogen and oxygen atoms in total. The predicted molar refractivity (Wildman–Crippen MR) is 167 cm³/mol. The summed E-state index contributed by atoms with van der Waals surface area (Å²) in [6, 6.07) is -0.487. The van der Waals surface area contributed by atoms with Crippen LogP contribution in [-0.2, 0) is 19.1 Å². The van der Waals surface area contributed by atoms with E-state index in [9.17, 15) is 19.5 Å². The molecule has 7 rings (SSSR count). The van der Waals surface area contributed by atoms with Gasteiger partial charge in [0, 0.05) is 37.1 Å². The minimum atomic E-state index is -0.960. The number of aliphatic hydroxyl groups is 1. The summed E-state index contributed by atoms with van der Waals surface area (Å²) in [7, 11) is 1.37. The number of aliphatic imine (C=N–C) groups is 1. The maximum Gasteiger partial charge on any atom is 0.323 e. The number of anilines is 3. The number of methoxy groups -OCH3 is 1. The lowest BCUT2D eigenvalue weighted by molar-refractivity contribution is -0.148. The Hall–Kier alpha value is -4.33. The van der Waals surface area contributed by atoms with E-state index in [2.05, 4.69) is 35.2 Å². The molecule has 7 N–H and O–H groups in total. The largest absolute Gasteiger partial charge is 0.468 e. The fourth-order valence-electron chi connectivity index (χ4n) is 6.64. The number of fused-ring (bicyclic) bond motifs is 3. The van der Waals surface area contributed by atoms with E-state index in [0.717, 1.165) is 6.42 Å². The van der Waals surface area contributed by atoms with Crippen LogP contribution in [0.25, 0.3) is 11.2 Å². The first kappa shape index (κ1) is 30.3. The highest BCUT2D eigenvalue weighted by atomic mass is 32.2. The van der Waals surface area contributed by atoms with Crippen molar-refractivity contribution in [2.24, 2.45) is 4.99 Å². The molecule has 46 heavy (non-hydrogen) atoms. The summed E-state index contributed by atoms with van der Waals surface area (Å²) in [6.45, 7) is 3.16. The number of β-lactam (4-membered cyclic amide) rings is 1. The standard InChI is InChI=1S/C27H34N12O6S/c1-27-18(33-17-20(36-27)34-26(29)35-22(17)41)23(42)39(27)6-5-37-4-3-13(8-14(37)25(43)44-2)46-9-12-7-15(40)24(45-12)38-11-32-16-19(28)30-10-31-21(16)38/h10-15,24,40H,3-9H2,1-2H3,(H2,28,30,31)(H4,29,34,35,36,41)/t12-,13?,14?,15-,24+,27?/m0/s1. The van der Waals surface area contributed by atoms with Crippen LogP contribution in [-0.4, -0.2) is 124 Å². The third kappa shape index (κ3) is 5.02. The third-order valence-electron chi connectivity index (χ3n) is 9.04. The third-order valence-corrected chi connectivity index (χ3v) is 10.5. The average Bonchev–Trinajstić information content (AvgIpc) is 3.62. The molecule has 0 saturated carbocycles. The van der Waals surface area contributed by atoms with E-state index in [1.807, 2.05) is 4.90 Å². The lowest BCUT2D eigenvalue weighted by Gasteiger charge is -2.53. The fourth-order valence-corrected chi connectivity index (χ4v) is 7.93. The summed E-state index contributed by atoms with van der Waals surface area (Å²) in [5.41, 5.74) is 11.3. The number of imidazole rings is 1. The lowest BCUT2D eigenvalue weighted by atomic mass is 9.90. The van der Waals surface area contributed by atoms with Crippen molar-refractivity contribution in [1.29, 1.82) is 0 Å². The molecule has 0 radical (unpaired) electrons. The molecule has 1 amide bonds. The number of hydrogen-bond donors (Lipinski definition) is 5. The summed E-state index contributed by atoms with van der Waals surface area (Å²) in [4.78, 5) is 65.2. The van der Waals surface area contributed by atoms with Crippen molar-refractivity contribution in [3.63, 3.8) is 0 Å². The Labute approximate surface area is 266 Å². The van der Waals surface area contributed by atoms with Gasteiger partial charge >= 0.3 is 5.97 Å². The Morgan fingerprint density at radius 3 is 2.87 bits per heavy atom. The summed E-state index contributed by atoms with van der Waals surface area (Å²) in [5.74, 6) is 0.411. The minimum Gasteiger partial charge on any atom is -0.468 e. The number of carbonyl (C=O) groups is 2. The molecule has 4 aliphatic rings. The van der Waals surface area contributed by atoms with E-state index in [-0.39, 0.29) is 52.2 Å². The van der Waals surface area contributed by atoms with Gasteiger partial charge in [-0.05, 0) is 19.8 Å². The summed E-state index contributed by atoms with van der Waals surface area (Å²) in [6.07, 6.45) is 3.12. The molecular formula is C27H34N12O6S. The molecule has 3 saturated heterocycles. The molecule has 7 heterocycles. The summed E-state index contributed by atoms with van der Waals surface area (Å²) >= 11 is 1.71. The molecule has 0 spiro atoms. The summed E-state index contributed by atoms with van der Waals surface area (Å²) in [5, 5.41) is 14.1. The minimum absolute atomic E-state index is 0.0167. The van der Waals surface area contributed by atoms with E-state index in [1.165, 1.54) is 13.4 Å². The quantitative estimate of drug-likeness (QED) is 0.148. The van der Waals surface area contributed by atoms with Crippen molar-refractivity contribution in [2.45, 2.75) is 61.6 Å². The number of thioether (sulfide) groups is 1. The molecule has 6 atom stereocenters. The Morgan fingerprint density at radius 2 is 2.07 bits per heavy atom. The van der Waals surface area contributed by atoms with Crippen molar-refractivity contribution in [2.75, 3.05) is 49.3 Å². The number of nitrogen functional groups attached to an aromatic ring is 2. The Kier molecular flexibility index (Phi) is 7.57. The molecule has 0 aliphatic carbocycles. The van der Waals surface area contributed by atoms with Crippen LogP contribution in [0.15, 0.2) is 22.4 Å². The number of nitrogens with one attached hydrogen (secondary N) is 2. The van der Waals surface area contributed by atoms with E-state index >= 15 is 0 Å². The molecule has 3 unspecified atom stereocenters. The molecule has 0 aromatic carbocycles. The van der Waals surface area contributed by atoms with Gasteiger partial charge < -0.3 is 36.3 Å². The van der Waals surface area contributed by atoms with Crippen molar-refractivity contribution in [1.82, 2.24) is 39.3 Å². The lowest BCUT2D eigenvalue weighted by Crippen LogP contribution is -2.75. The zero-order valence-electron chi connectivity index (χ0n) is 25.1. The number of carbonyl (C=O) groups excluding carboxylic acids is 2. The average molecular weight is 655 g/mol. The first-order valence-electron chi connectivity index (χ1n) is 14.9. The number of esters is 1. The van der Waals surface area contributed by atoms with Crippen molar-refractivity contribution in [3.05, 3.63) is 23.0 Å². The van der Waals surface area contributed by atoms with Crippen molar-refractivity contribution in [3.8, 4) is 0 Å². The number of amides is 1. The Balaban J connectivity index is 0.957. The van der Waals surface area contributed by atoms with E-state index in [0.29, 0.717) is 49.4 Å². The first-order chi connectivity index (χ1) is 22.1. The van der Waals surface area contributed by atoms with Crippen LogP contribution in [0.2, 0.25) is 0 Å². The van der Waals surface area contributed by atoms with Gasteiger partial charge in [0.2, 0.25) is 5.95 Å². The zero-order chi connectivity index (χ0) is 32.3. The monoisotopic (exact) mass is 654 g/mol. The number of rotatable bonds is 8. The number of nitrogens with zero attached hydrogens (tertiary/aromatic N) is 8. The van der Waals surface area contributed by atoms with Crippen molar-refractivity contribution >= 4 is 63.8 Å². The number of aromatic amines is 1. The van der Waals surface area contributed by atoms with Crippen LogP contribution in [0.3, 0.4) is 0 Å². The second-order valence-corrected chi connectivity index (χ2v) is 13.2. The Morgan fingerprint density at radius 1 is 1.24 bits per heavy atom. The molecule has 0 bridgehead atoms. The van der Waals surface area contributed by atoms with Gasteiger partial charge in [-0.3, -0.25) is 28.8 Å². The maximum atomic E-state index is 13.0. The first-order valence-corrected chi connectivity index (χ1v) is 15.9. The molecule has 3 aromatic heterocycles. The van der Waals surface area contributed by atoms with E-state index in [4.69, 9.17) is 20.9 Å². The van der Waals surface area contributed by atoms with Gasteiger partial charge in [0.1, 0.15) is 24.0 Å². The number of likely N-dealkylation sites (tertiary alicyclic amines) is 2. The van der Waals surface area contributed by atoms with Gasteiger partial charge in [-0.25, -0.2) is 19.9 Å². The van der Waals surface area contributed by atoms with Gasteiger partial charge in [-0.15, -0.1) is 0 Å². The molecule has 3 aromatic rings. The molecular weight excluding hydrogens is 620 g/mol. The van der Waals surface area contributed by atoms with Gasteiger partial charge in [0.05, 0.1) is 19.5 Å². The zero-order valence-corrected chi connectivity index (χ0v) is 25.9.